The average molecular weight is 259 g/mol. The number of rotatable bonds is 6. The smallest absolute Gasteiger partial charge is 0.339 e. The molecule has 0 spiro atoms. The number of hydrogen-bond donors (Lipinski definition) is 2. The second-order valence-corrected chi connectivity index (χ2v) is 3.57. The van der Waals surface area contributed by atoms with E-state index >= 15 is 0 Å². The molecule has 0 saturated carbocycles. The molecule has 0 aliphatic heterocycles. The summed E-state index contributed by atoms with van der Waals surface area (Å²) in [5.74, 6) is -3.23. The van der Waals surface area contributed by atoms with Crippen LogP contribution >= 0.6 is 0 Å². The zero-order valence-corrected chi connectivity index (χ0v) is 9.95. The third kappa shape index (κ3) is 4.25. The SMILES string of the molecule is CCOC(=O)c1ccc(NCC(F)(F)CN)nc1. The highest BCUT2D eigenvalue weighted by Gasteiger charge is 2.26. The van der Waals surface area contributed by atoms with Gasteiger partial charge in [0.05, 0.1) is 25.3 Å². The molecule has 0 unspecified atom stereocenters. The van der Waals surface area contributed by atoms with Gasteiger partial charge < -0.3 is 15.8 Å². The lowest BCUT2D eigenvalue weighted by Crippen LogP contribution is -2.35. The van der Waals surface area contributed by atoms with Crippen molar-refractivity contribution >= 4 is 11.8 Å². The van der Waals surface area contributed by atoms with E-state index in [-0.39, 0.29) is 18.0 Å². The molecular weight excluding hydrogens is 244 g/mol. The van der Waals surface area contributed by atoms with Gasteiger partial charge in [0.2, 0.25) is 0 Å². The van der Waals surface area contributed by atoms with Gasteiger partial charge in [-0.25, -0.2) is 18.6 Å². The normalized spacial score (nSPS) is 11.1. The summed E-state index contributed by atoms with van der Waals surface area (Å²) >= 11 is 0. The number of nitrogens with one attached hydrogen (secondary N) is 1. The first kappa shape index (κ1) is 14.3. The maximum absolute atomic E-state index is 12.9. The number of nitrogens with two attached hydrogens (primary N) is 1. The Kier molecular flexibility index (Phi) is 4.96. The van der Waals surface area contributed by atoms with E-state index in [0.29, 0.717) is 0 Å². The highest BCUT2D eigenvalue weighted by atomic mass is 19.3. The van der Waals surface area contributed by atoms with Gasteiger partial charge in [-0.2, -0.15) is 0 Å². The largest absolute Gasteiger partial charge is 0.462 e. The number of aromatic nitrogens is 1. The van der Waals surface area contributed by atoms with Gasteiger partial charge in [0.1, 0.15) is 5.82 Å². The molecule has 7 heteroatoms. The first-order valence-electron chi connectivity index (χ1n) is 5.43. The van der Waals surface area contributed by atoms with Crippen molar-refractivity contribution < 1.29 is 18.3 Å². The number of halogens is 2. The number of anilines is 1. The van der Waals surface area contributed by atoms with Crippen molar-refractivity contribution in [1.29, 1.82) is 0 Å². The molecule has 0 aromatic carbocycles. The van der Waals surface area contributed by atoms with Crippen LogP contribution in [-0.4, -0.2) is 36.6 Å². The van der Waals surface area contributed by atoms with Crippen molar-refractivity contribution in [2.75, 3.05) is 25.0 Å². The van der Waals surface area contributed by atoms with Crippen molar-refractivity contribution in [1.82, 2.24) is 4.98 Å². The predicted molar refractivity (Wildman–Crippen MR) is 62.7 cm³/mol. The Morgan fingerprint density at radius 1 is 1.56 bits per heavy atom. The molecule has 0 aliphatic rings. The molecule has 1 heterocycles. The quantitative estimate of drug-likeness (QED) is 0.752. The van der Waals surface area contributed by atoms with Crippen molar-refractivity contribution in [2.45, 2.75) is 12.8 Å². The Balaban J connectivity index is 2.58. The maximum atomic E-state index is 12.9. The van der Waals surface area contributed by atoms with Crippen LogP contribution in [0.2, 0.25) is 0 Å². The molecule has 0 fully saturated rings. The molecular formula is C11H15F2N3O2. The summed E-state index contributed by atoms with van der Waals surface area (Å²) in [7, 11) is 0. The van der Waals surface area contributed by atoms with Crippen molar-refractivity contribution in [3.63, 3.8) is 0 Å². The second-order valence-electron chi connectivity index (χ2n) is 3.57. The molecule has 1 aromatic heterocycles. The van der Waals surface area contributed by atoms with Crippen LogP contribution < -0.4 is 11.1 Å². The van der Waals surface area contributed by atoms with Gasteiger partial charge in [-0.3, -0.25) is 0 Å². The van der Waals surface area contributed by atoms with E-state index in [2.05, 4.69) is 10.3 Å². The van der Waals surface area contributed by atoms with Gasteiger partial charge in [-0.05, 0) is 19.1 Å². The van der Waals surface area contributed by atoms with E-state index in [1.54, 1.807) is 6.92 Å². The highest BCUT2D eigenvalue weighted by Crippen LogP contribution is 2.13. The standard InChI is InChI=1S/C11H15F2N3O2/c1-2-18-10(17)8-3-4-9(15-5-8)16-7-11(12,13)6-14/h3-5H,2,6-7,14H2,1H3,(H,15,16). The summed E-state index contributed by atoms with van der Waals surface area (Å²) < 4.78 is 30.5. The zero-order valence-electron chi connectivity index (χ0n) is 9.95. The number of pyridine rings is 1. The summed E-state index contributed by atoms with van der Waals surface area (Å²) in [5, 5.41) is 2.44. The number of ether oxygens (including phenoxy) is 1. The number of carbonyl (C=O) groups excluding carboxylic acids is 1. The van der Waals surface area contributed by atoms with Gasteiger partial charge in [-0.15, -0.1) is 0 Å². The van der Waals surface area contributed by atoms with Crippen LogP contribution in [0, 0.1) is 0 Å². The van der Waals surface area contributed by atoms with Gasteiger partial charge in [0.25, 0.3) is 5.92 Å². The Morgan fingerprint density at radius 3 is 2.78 bits per heavy atom. The van der Waals surface area contributed by atoms with E-state index in [1.807, 2.05) is 0 Å². The van der Waals surface area contributed by atoms with Crippen LogP contribution in [0.3, 0.4) is 0 Å². The first-order chi connectivity index (χ1) is 8.48. The number of hydrogen-bond acceptors (Lipinski definition) is 5. The molecule has 0 aliphatic carbocycles. The summed E-state index contributed by atoms with van der Waals surface area (Å²) in [6.07, 6.45) is 1.26. The van der Waals surface area contributed by atoms with Crippen molar-refractivity contribution in [3.05, 3.63) is 23.9 Å². The van der Waals surface area contributed by atoms with Crippen molar-refractivity contribution in [2.24, 2.45) is 5.73 Å². The summed E-state index contributed by atoms with van der Waals surface area (Å²) in [5.41, 5.74) is 5.17. The van der Waals surface area contributed by atoms with E-state index < -0.39 is 25.0 Å². The lowest BCUT2D eigenvalue weighted by atomic mass is 10.3. The predicted octanol–water partition coefficient (Wildman–Crippen LogP) is 1.26. The van der Waals surface area contributed by atoms with Gasteiger partial charge >= 0.3 is 5.97 Å². The molecule has 5 nitrogen and oxygen atoms in total. The Hall–Kier alpha value is -1.76. The van der Waals surface area contributed by atoms with Crippen LogP contribution in [-0.2, 0) is 4.74 Å². The third-order valence-electron chi connectivity index (χ3n) is 2.10. The Morgan fingerprint density at radius 2 is 2.28 bits per heavy atom. The fourth-order valence-corrected chi connectivity index (χ4v) is 1.13. The van der Waals surface area contributed by atoms with Gasteiger partial charge in [0, 0.05) is 6.20 Å². The van der Waals surface area contributed by atoms with Gasteiger partial charge in [-0.1, -0.05) is 0 Å². The van der Waals surface area contributed by atoms with E-state index in [0.717, 1.165) is 0 Å². The number of carbonyl (C=O) groups is 1. The Bertz CT molecular complexity index is 396. The van der Waals surface area contributed by atoms with Crippen LogP contribution in [0.15, 0.2) is 18.3 Å². The lowest BCUT2D eigenvalue weighted by Gasteiger charge is -2.14. The molecule has 100 valence electrons. The molecule has 0 saturated heterocycles. The molecule has 1 aromatic rings. The summed E-state index contributed by atoms with van der Waals surface area (Å²) in [4.78, 5) is 15.1. The monoisotopic (exact) mass is 259 g/mol. The number of esters is 1. The zero-order chi connectivity index (χ0) is 13.6. The highest BCUT2D eigenvalue weighted by molar-refractivity contribution is 5.89. The van der Waals surface area contributed by atoms with Crippen LogP contribution in [0.5, 0.6) is 0 Å². The molecule has 3 N–H and O–H groups in total. The second kappa shape index (κ2) is 6.25. The number of alkyl halides is 2. The Labute approximate surface area is 103 Å². The van der Waals surface area contributed by atoms with E-state index in [9.17, 15) is 13.6 Å². The molecule has 1 rings (SSSR count). The van der Waals surface area contributed by atoms with Gasteiger partial charge in [0.15, 0.2) is 0 Å². The fourth-order valence-electron chi connectivity index (χ4n) is 1.13. The minimum atomic E-state index is -2.98. The minimum absolute atomic E-state index is 0.246. The summed E-state index contributed by atoms with van der Waals surface area (Å²) in [6.45, 7) is 0.619. The van der Waals surface area contributed by atoms with Crippen LogP contribution in [0.4, 0.5) is 14.6 Å². The lowest BCUT2D eigenvalue weighted by molar-refractivity contribution is 0.0253. The van der Waals surface area contributed by atoms with Crippen LogP contribution in [0.1, 0.15) is 17.3 Å². The van der Waals surface area contributed by atoms with E-state index in [1.165, 1.54) is 18.3 Å². The fraction of sp³-hybridized carbons (Fsp3) is 0.455. The maximum Gasteiger partial charge on any atom is 0.339 e. The third-order valence-corrected chi connectivity index (χ3v) is 2.10. The molecule has 0 amide bonds. The first-order valence-corrected chi connectivity index (χ1v) is 5.43. The number of nitrogens with zero attached hydrogens (tertiary/aromatic N) is 1. The van der Waals surface area contributed by atoms with Crippen molar-refractivity contribution in [3.8, 4) is 0 Å². The molecule has 0 bridgehead atoms. The molecule has 0 radical (unpaired) electrons. The van der Waals surface area contributed by atoms with Crippen LogP contribution in [0.25, 0.3) is 0 Å². The summed E-state index contributed by atoms with van der Waals surface area (Å²) in [6, 6.07) is 2.88. The average Bonchev–Trinajstić information content (AvgIpc) is 2.37. The van der Waals surface area contributed by atoms with E-state index in [4.69, 9.17) is 10.5 Å². The molecule has 0 atom stereocenters. The molecule has 18 heavy (non-hydrogen) atoms. The topological polar surface area (TPSA) is 77.2 Å². The minimum Gasteiger partial charge on any atom is -0.462 e.